The SMILES string of the molecule is [C-]#[N+]c1cc(-c2ccnn2C)c(C)c(-[n+]2ccccc2C)c1. The smallest absolute Gasteiger partial charge is 0.204 e. The first-order valence-corrected chi connectivity index (χ1v) is 7.10. The van der Waals surface area contributed by atoms with E-state index in [0.29, 0.717) is 5.69 Å². The number of hydrogen-bond acceptors (Lipinski definition) is 1. The highest BCUT2D eigenvalue weighted by Gasteiger charge is 2.19. The maximum absolute atomic E-state index is 7.40. The van der Waals surface area contributed by atoms with Crippen LogP contribution in [0.2, 0.25) is 0 Å². The number of hydrogen-bond donors (Lipinski definition) is 0. The van der Waals surface area contributed by atoms with Crippen LogP contribution in [-0.2, 0) is 7.05 Å². The van der Waals surface area contributed by atoms with Crippen molar-refractivity contribution >= 4 is 5.69 Å². The van der Waals surface area contributed by atoms with E-state index in [2.05, 4.69) is 34.4 Å². The van der Waals surface area contributed by atoms with Gasteiger partial charge < -0.3 is 0 Å². The van der Waals surface area contributed by atoms with Crippen molar-refractivity contribution in [3.63, 3.8) is 0 Å². The van der Waals surface area contributed by atoms with Gasteiger partial charge in [-0.25, -0.2) is 4.85 Å². The third-order valence-electron chi connectivity index (χ3n) is 3.91. The molecule has 2 aromatic heterocycles. The van der Waals surface area contributed by atoms with Crippen molar-refractivity contribution in [1.29, 1.82) is 0 Å². The molecular weight excluding hydrogens is 272 g/mol. The lowest BCUT2D eigenvalue weighted by Crippen LogP contribution is -2.34. The van der Waals surface area contributed by atoms with Crippen LogP contribution in [0.1, 0.15) is 11.3 Å². The third-order valence-corrected chi connectivity index (χ3v) is 3.91. The monoisotopic (exact) mass is 289 g/mol. The first-order chi connectivity index (χ1) is 10.6. The molecular formula is C18H17N4+. The summed E-state index contributed by atoms with van der Waals surface area (Å²) in [5.41, 5.74) is 5.98. The number of benzene rings is 1. The predicted octanol–water partition coefficient (Wildman–Crippen LogP) is 3.53. The lowest BCUT2D eigenvalue weighted by molar-refractivity contribution is -0.603. The van der Waals surface area contributed by atoms with Crippen molar-refractivity contribution in [3.05, 3.63) is 71.5 Å². The fourth-order valence-corrected chi connectivity index (χ4v) is 2.70. The molecule has 0 spiro atoms. The van der Waals surface area contributed by atoms with E-state index in [0.717, 1.165) is 28.2 Å². The standard InChI is InChI=1S/C18H17N4/c1-13-7-5-6-10-22(13)18-12-15(19-3)11-16(14(18)2)17-8-9-20-21(17)4/h5-12H,1-2,4H3/q+1. The minimum Gasteiger partial charge on any atom is -0.268 e. The molecule has 22 heavy (non-hydrogen) atoms. The van der Waals surface area contributed by atoms with Crippen molar-refractivity contribution in [3.8, 4) is 16.9 Å². The van der Waals surface area contributed by atoms with Crippen molar-refractivity contribution in [2.24, 2.45) is 7.05 Å². The van der Waals surface area contributed by atoms with Gasteiger partial charge in [-0.15, -0.1) is 0 Å². The molecule has 0 amide bonds. The second kappa shape index (κ2) is 5.45. The first-order valence-electron chi connectivity index (χ1n) is 7.10. The average molecular weight is 289 g/mol. The minimum atomic E-state index is 0.632. The average Bonchev–Trinajstić information content (AvgIpc) is 2.94. The van der Waals surface area contributed by atoms with Crippen LogP contribution in [0.25, 0.3) is 21.8 Å². The van der Waals surface area contributed by atoms with Crippen molar-refractivity contribution in [2.75, 3.05) is 0 Å². The summed E-state index contributed by atoms with van der Waals surface area (Å²) in [7, 11) is 1.92. The van der Waals surface area contributed by atoms with Gasteiger partial charge in [-0.3, -0.25) is 4.68 Å². The van der Waals surface area contributed by atoms with Crippen LogP contribution in [0, 0.1) is 20.4 Å². The summed E-state index contributed by atoms with van der Waals surface area (Å²) >= 11 is 0. The molecule has 0 saturated heterocycles. The normalized spacial score (nSPS) is 10.5. The molecule has 0 aliphatic carbocycles. The van der Waals surface area contributed by atoms with Gasteiger partial charge in [-0.2, -0.15) is 9.67 Å². The number of aryl methyl sites for hydroxylation is 2. The number of aromatic nitrogens is 3. The summed E-state index contributed by atoms with van der Waals surface area (Å²) < 4.78 is 3.95. The van der Waals surface area contributed by atoms with Gasteiger partial charge >= 0.3 is 0 Å². The Kier molecular flexibility index (Phi) is 3.48. The Morgan fingerprint density at radius 1 is 1.18 bits per heavy atom. The summed E-state index contributed by atoms with van der Waals surface area (Å²) in [6.07, 6.45) is 3.80. The molecule has 0 unspecified atom stereocenters. The summed E-state index contributed by atoms with van der Waals surface area (Å²) in [4.78, 5) is 3.63. The van der Waals surface area contributed by atoms with Gasteiger partial charge in [-0.05, 0) is 24.6 Å². The molecule has 3 aromatic rings. The van der Waals surface area contributed by atoms with Crippen LogP contribution in [0.5, 0.6) is 0 Å². The quantitative estimate of drug-likeness (QED) is 0.523. The Morgan fingerprint density at radius 2 is 2.00 bits per heavy atom. The van der Waals surface area contributed by atoms with Gasteiger partial charge in [0, 0.05) is 43.9 Å². The molecule has 0 fully saturated rings. The van der Waals surface area contributed by atoms with E-state index in [1.807, 2.05) is 48.3 Å². The molecule has 0 N–H and O–H groups in total. The molecule has 0 atom stereocenters. The van der Waals surface area contributed by atoms with Gasteiger partial charge in [0.15, 0.2) is 17.6 Å². The summed E-state index contributed by atoms with van der Waals surface area (Å²) in [5, 5.41) is 4.24. The second-order valence-corrected chi connectivity index (χ2v) is 5.30. The lowest BCUT2D eigenvalue weighted by atomic mass is 10.0. The Hall–Kier alpha value is -2.93. The van der Waals surface area contributed by atoms with E-state index >= 15 is 0 Å². The van der Waals surface area contributed by atoms with E-state index in [4.69, 9.17) is 6.57 Å². The molecule has 0 aliphatic heterocycles. The third kappa shape index (κ3) is 2.27. The van der Waals surface area contributed by atoms with Crippen molar-refractivity contribution < 1.29 is 4.57 Å². The molecule has 2 heterocycles. The maximum atomic E-state index is 7.40. The molecule has 0 bridgehead atoms. The van der Waals surface area contributed by atoms with E-state index in [1.54, 1.807) is 6.20 Å². The predicted molar refractivity (Wildman–Crippen MR) is 85.9 cm³/mol. The molecule has 0 aliphatic rings. The molecule has 4 heteroatoms. The van der Waals surface area contributed by atoms with Crippen LogP contribution in [-0.4, -0.2) is 9.78 Å². The highest BCUT2D eigenvalue weighted by molar-refractivity contribution is 5.73. The zero-order valence-electron chi connectivity index (χ0n) is 12.9. The molecule has 4 nitrogen and oxygen atoms in total. The van der Waals surface area contributed by atoms with E-state index < -0.39 is 0 Å². The summed E-state index contributed by atoms with van der Waals surface area (Å²) in [5.74, 6) is 0. The Balaban J connectivity index is 2.31. The van der Waals surface area contributed by atoms with Gasteiger partial charge in [0.05, 0.1) is 12.3 Å². The van der Waals surface area contributed by atoms with Crippen LogP contribution < -0.4 is 4.57 Å². The van der Waals surface area contributed by atoms with Crippen molar-refractivity contribution in [1.82, 2.24) is 9.78 Å². The lowest BCUT2D eigenvalue weighted by Gasteiger charge is -2.10. The van der Waals surface area contributed by atoms with Crippen LogP contribution in [0.3, 0.4) is 0 Å². The molecule has 1 aromatic carbocycles. The highest BCUT2D eigenvalue weighted by atomic mass is 15.3. The largest absolute Gasteiger partial charge is 0.268 e. The van der Waals surface area contributed by atoms with E-state index in [9.17, 15) is 0 Å². The van der Waals surface area contributed by atoms with Crippen LogP contribution in [0.4, 0.5) is 5.69 Å². The maximum Gasteiger partial charge on any atom is 0.204 e. The van der Waals surface area contributed by atoms with Gasteiger partial charge in [0.2, 0.25) is 5.69 Å². The fraction of sp³-hybridized carbons (Fsp3) is 0.167. The molecule has 108 valence electrons. The van der Waals surface area contributed by atoms with Gasteiger partial charge in [0.25, 0.3) is 0 Å². The highest BCUT2D eigenvalue weighted by Crippen LogP contribution is 2.30. The zero-order chi connectivity index (χ0) is 15.7. The van der Waals surface area contributed by atoms with E-state index in [1.165, 1.54) is 0 Å². The van der Waals surface area contributed by atoms with Crippen LogP contribution >= 0.6 is 0 Å². The van der Waals surface area contributed by atoms with E-state index in [-0.39, 0.29) is 0 Å². The Bertz CT molecular complexity index is 884. The van der Waals surface area contributed by atoms with Crippen molar-refractivity contribution in [2.45, 2.75) is 13.8 Å². The molecule has 3 rings (SSSR count). The number of nitrogens with zero attached hydrogens (tertiary/aromatic N) is 4. The fourth-order valence-electron chi connectivity index (χ4n) is 2.70. The Labute approximate surface area is 130 Å². The van der Waals surface area contributed by atoms with Gasteiger partial charge in [-0.1, -0.05) is 6.07 Å². The van der Waals surface area contributed by atoms with Crippen LogP contribution in [0.15, 0.2) is 48.8 Å². The zero-order valence-corrected chi connectivity index (χ0v) is 12.9. The topological polar surface area (TPSA) is 26.1 Å². The number of pyridine rings is 1. The molecule has 0 saturated carbocycles. The number of rotatable bonds is 2. The molecule has 0 radical (unpaired) electrons. The summed E-state index contributed by atoms with van der Waals surface area (Å²) in [6.45, 7) is 11.5. The first kappa shape index (κ1) is 14.0. The minimum absolute atomic E-state index is 0.632. The summed E-state index contributed by atoms with van der Waals surface area (Å²) in [6, 6.07) is 11.9. The van der Waals surface area contributed by atoms with Gasteiger partial charge in [0.1, 0.15) is 0 Å². The second-order valence-electron chi connectivity index (χ2n) is 5.30. The Morgan fingerprint density at radius 3 is 2.64 bits per heavy atom.